The van der Waals surface area contributed by atoms with Gasteiger partial charge in [-0.15, -0.1) is 11.7 Å². The summed E-state index contributed by atoms with van der Waals surface area (Å²) in [4.78, 5) is 0. The van der Waals surface area contributed by atoms with E-state index >= 15 is 0 Å². The Bertz CT molecular complexity index is 454. The number of rotatable bonds is 4. The molecular weight excluding hydrogens is 265 g/mol. The van der Waals surface area contributed by atoms with Crippen molar-refractivity contribution in [3.8, 4) is 0 Å². The molecule has 1 fully saturated rings. The fourth-order valence-corrected chi connectivity index (χ4v) is 2.59. The minimum atomic E-state index is -5.03. The highest BCUT2D eigenvalue weighted by atomic mass is 32.3. The van der Waals surface area contributed by atoms with Crippen molar-refractivity contribution in [2.24, 2.45) is 0 Å². The van der Waals surface area contributed by atoms with Crippen molar-refractivity contribution in [2.75, 3.05) is 0 Å². The Kier molecular flexibility index (Phi) is 3.29. The molecule has 1 aromatic rings. The molecule has 2 rings (SSSR count). The van der Waals surface area contributed by atoms with Crippen molar-refractivity contribution in [3.63, 3.8) is 0 Å². The molecule has 1 aromatic carbocycles. The van der Waals surface area contributed by atoms with Gasteiger partial charge in [-0.3, -0.25) is 16.1 Å². The maximum Gasteiger partial charge on any atom is 0.213 e. The van der Waals surface area contributed by atoms with Crippen LogP contribution in [0.25, 0.3) is 0 Å². The van der Waals surface area contributed by atoms with Crippen molar-refractivity contribution < 1.29 is 16.9 Å². The summed E-state index contributed by atoms with van der Waals surface area (Å²) in [6.45, 7) is 0. The van der Waals surface area contributed by atoms with Crippen molar-refractivity contribution in [1.29, 1.82) is 5.41 Å². The lowest BCUT2D eigenvalue weighted by Gasteiger charge is -2.16. The van der Waals surface area contributed by atoms with Crippen LogP contribution in [-0.2, 0) is 11.2 Å². The molecule has 0 atom stereocenters. The van der Waals surface area contributed by atoms with Crippen LogP contribution in [0.2, 0.25) is 0 Å². The van der Waals surface area contributed by atoms with Gasteiger partial charge in [-0.2, -0.15) is 0 Å². The summed E-state index contributed by atoms with van der Waals surface area (Å²) >= 11 is -5.03. The highest BCUT2D eigenvalue weighted by molar-refractivity contribution is 8.20. The summed E-state index contributed by atoms with van der Waals surface area (Å²) in [5.74, 6) is -0.868. The summed E-state index contributed by atoms with van der Waals surface area (Å²) in [5.41, 5.74) is 2.31. The second kappa shape index (κ2) is 4.47. The molecule has 1 aliphatic carbocycles. The van der Waals surface area contributed by atoms with Crippen LogP contribution in [0.5, 0.6) is 0 Å². The fraction of sp³-hybridized carbons (Fsp3) is 0.364. The lowest BCUT2D eigenvalue weighted by molar-refractivity contribution is 0.228. The molecule has 0 unspecified atom stereocenters. The molecule has 0 spiro atoms. The molecule has 7 heteroatoms. The van der Waals surface area contributed by atoms with E-state index in [4.69, 9.17) is 10.6 Å². The van der Waals surface area contributed by atoms with Crippen molar-refractivity contribution in [3.05, 3.63) is 35.4 Å². The number of benzene rings is 1. The molecule has 0 saturated heterocycles. The second-order valence-corrected chi connectivity index (χ2v) is 5.71. The lowest BCUT2D eigenvalue weighted by atomic mass is 9.94. The topological polar surface area (TPSA) is 56.1 Å². The normalized spacial score (nSPS) is 18.2. The summed E-state index contributed by atoms with van der Waals surface area (Å²) in [5, 5.41) is 16.4. The first-order chi connectivity index (χ1) is 8.37. The number of nitrogens with one attached hydrogen (secondary N) is 2. The molecule has 0 aliphatic heterocycles. The van der Waals surface area contributed by atoms with Gasteiger partial charge in [0.1, 0.15) is 5.84 Å². The Morgan fingerprint density at radius 1 is 1.28 bits per heavy atom. The van der Waals surface area contributed by atoms with Crippen molar-refractivity contribution in [2.45, 2.75) is 24.0 Å². The van der Waals surface area contributed by atoms with Gasteiger partial charge in [0.25, 0.3) is 0 Å². The fourth-order valence-electron chi connectivity index (χ4n) is 2.02. The standard InChI is InChI=1S/C11H13F3N2OS/c12-18(13,14)7-8-1-3-9(4-2-8)11(5-6-11)10(15)16-17/h1-4,17H,5-7H2,(H2,15,16). The summed E-state index contributed by atoms with van der Waals surface area (Å²) in [7, 11) is 0. The molecule has 100 valence electrons. The number of hydroxylamine groups is 1. The molecule has 0 radical (unpaired) electrons. The Labute approximate surface area is 105 Å². The van der Waals surface area contributed by atoms with Gasteiger partial charge >= 0.3 is 0 Å². The first kappa shape index (κ1) is 13.2. The van der Waals surface area contributed by atoms with Crippen LogP contribution >= 0.6 is 11.2 Å². The molecule has 1 saturated carbocycles. The Hall–Kier alpha value is -1.21. The smallest absolute Gasteiger partial charge is 0.213 e. The van der Waals surface area contributed by atoms with E-state index in [-0.39, 0.29) is 11.4 Å². The first-order valence-corrected chi connectivity index (χ1v) is 6.86. The third kappa shape index (κ3) is 2.62. The van der Waals surface area contributed by atoms with Crippen LogP contribution in [0.15, 0.2) is 24.3 Å². The molecule has 0 heterocycles. The van der Waals surface area contributed by atoms with Crippen LogP contribution in [0.1, 0.15) is 24.0 Å². The number of amidine groups is 1. The second-order valence-electron chi connectivity index (χ2n) is 4.41. The van der Waals surface area contributed by atoms with Gasteiger partial charge in [0.15, 0.2) is 0 Å². The predicted molar refractivity (Wildman–Crippen MR) is 64.6 cm³/mol. The zero-order valence-corrected chi connectivity index (χ0v) is 10.2. The average Bonchev–Trinajstić information content (AvgIpc) is 3.08. The molecule has 0 bridgehead atoms. The van der Waals surface area contributed by atoms with Crippen LogP contribution in [-0.4, -0.2) is 11.0 Å². The molecule has 18 heavy (non-hydrogen) atoms. The first-order valence-electron chi connectivity index (χ1n) is 5.36. The van der Waals surface area contributed by atoms with Gasteiger partial charge < -0.3 is 0 Å². The van der Waals surface area contributed by atoms with Gasteiger partial charge in [0.05, 0.1) is 11.2 Å². The zero-order valence-electron chi connectivity index (χ0n) is 9.42. The maximum absolute atomic E-state index is 12.3. The van der Waals surface area contributed by atoms with E-state index in [1.165, 1.54) is 12.1 Å². The van der Waals surface area contributed by atoms with E-state index in [9.17, 15) is 11.7 Å². The van der Waals surface area contributed by atoms with E-state index < -0.39 is 22.4 Å². The Morgan fingerprint density at radius 3 is 2.22 bits per heavy atom. The maximum atomic E-state index is 12.3. The SMILES string of the molecule is N=C(NO)C1(c2ccc(CS(F)(F)F)cc2)CC1. The van der Waals surface area contributed by atoms with Crippen LogP contribution < -0.4 is 5.48 Å². The lowest BCUT2D eigenvalue weighted by Crippen LogP contribution is -2.31. The quantitative estimate of drug-likeness (QED) is 0.447. The van der Waals surface area contributed by atoms with Gasteiger partial charge in [0, 0.05) is 0 Å². The van der Waals surface area contributed by atoms with Crippen LogP contribution in [0.3, 0.4) is 0 Å². The number of hydrogen-bond acceptors (Lipinski definition) is 2. The van der Waals surface area contributed by atoms with Gasteiger partial charge in [-0.05, 0) is 24.0 Å². The number of hydrogen-bond donors (Lipinski definition) is 3. The number of halogens is 3. The van der Waals surface area contributed by atoms with E-state index in [0.717, 1.165) is 18.4 Å². The van der Waals surface area contributed by atoms with E-state index in [1.54, 1.807) is 12.1 Å². The Balaban J connectivity index is 2.16. The largest absolute Gasteiger partial charge is 0.290 e. The van der Waals surface area contributed by atoms with E-state index in [2.05, 4.69) is 0 Å². The van der Waals surface area contributed by atoms with Crippen LogP contribution in [0, 0.1) is 5.41 Å². The highest BCUT2D eigenvalue weighted by Crippen LogP contribution is 2.56. The molecule has 3 nitrogen and oxygen atoms in total. The highest BCUT2D eigenvalue weighted by Gasteiger charge is 2.48. The van der Waals surface area contributed by atoms with Gasteiger partial charge in [-0.25, -0.2) is 0 Å². The zero-order chi connectivity index (χ0) is 13.4. The van der Waals surface area contributed by atoms with Crippen molar-refractivity contribution >= 4 is 17.0 Å². The molecular formula is C11H13F3N2OS. The summed E-state index contributed by atoms with van der Waals surface area (Å²) in [6, 6.07) is 6.11. The third-order valence-electron chi connectivity index (χ3n) is 3.18. The summed E-state index contributed by atoms with van der Waals surface area (Å²) in [6.07, 6.45) is 1.45. The van der Waals surface area contributed by atoms with Gasteiger partial charge in [-0.1, -0.05) is 24.3 Å². The molecule has 0 aromatic heterocycles. The average molecular weight is 278 g/mol. The van der Waals surface area contributed by atoms with Crippen LogP contribution in [0.4, 0.5) is 11.7 Å². The molecule has 0 amide bonds. The monoisotopic (exact) mass is 278 g/mol. The molecule has 1 aliphatic rings. The van der Waals surface area contributed by atoms with E-state index in [0.29, 0.717) is 0 Å². The molecule has 3 N–H and O–H groups in total. The Morgan fingerprint density at radius 2 is 1.83 bits per heavy atom. The van der Waals surface area contributed by atoms with E-state index in [1.807, 2.05) is 5.48 Å². The predicted octanol–water partition coefficient (Wildman–Crippen LogP) is 3.63. The minimum Gasteiger partial charge on any atom is -0.290 e. The summed E-state index contributed by atoms with van der Waals surface area (Å²) < 4.78 is 36.8. The van der Waals surface area contributed by atoms with Gasteiger partial charge in [0.2, 0.25) is 11.2 Å². The third-order valence-corrected chi connectivity index (χ3v) is 3.84. The van der Waals surface area contributed by atoms with Crippen molar-refractivity contribution in [1.82, 2.24) is 5.48 Å². The minimum absolute atomic E-state index is 0.00306.